The van der Waals surface area contributed by atoms with Crippen molar-refractivity contribution < 1.29 is 24.0 Å². The third-order valence-corrected chi connectivity index (χ3v) is 6.55. The summed E-state index contributed by atoms with van der Waals surface area (Å²) in [6.07, 6.45) is 4.61. The van der Waals surface area contributed by atoms with Crippen molar-refractivity contribution >= 4 is 50.0 Å². The number of nitrogens with one attached hydrogen (secondary N) is 4. The van der Waals surface area contributed by atoms with Crippen LogP contribution in [0.5, 0.6) is 0 Å². The van der Waals surface area contributed by atoms with E-state index < -0.39 is 52.2 Å². The number of urea groups is 1. The molecule has 4 amide bonds. The van der Waals surface area contributed by atoms with E-state index in [-0.39, 0.29) is 28.2 Å². The van der Waals surface area contributed by atoms with Gasteiger partial charge in [0.25, 0.3) is 5.91 Å². The quantitative estimate of drug-likeness (QED) is 0.162. The summed E-state index contributed by atoms with van der Waals surface area (Å²) in [5.41, 5.74) is -1.62. The lowest BCUT2D eigenvalue weighted by molar-refractivity contribution is -0.132. The molecule has 0 aromatic carbocycles. The molecule has 0 aliphatic carbocycles. The topological polar surface area (TPSA) is 159 Å². The molecule has 218 valence electrons. The van der Waals surface area contributed by atoms with Crippen LogP contribution >= 0.6 is 22.6 Å². The number of rotatable bonds is 11. The maximum atomic E-state index is 13.4. The van der Waals surface area contributed by atoms with Crippen molar-refractivity contribution in [1.29, 1.82) is 0 Å². The van der Waals surface area contributed by atoms with Crippen LogP contribution in [-0.4, -0.2) is 62.1 Å². The predicted molar refractivity (Wildman–Crippen MR) is 157 cm³/mol. The molecule has 0 aliphatic rings. The summed E-state index contributed by atoms with van der Waals surface area (Å²) < 4.78 is -0.171. The minimum absolute atomic E-state index is 0.0798. The van der Waals surface area contributed by atoms with E-state index in [0.717, 1.165) is 0 Å². The van der Waals surface area contributed by atoms with Crippen LogP contribution in [0.15, 0.2) is 18.6 Å². The van der Waals surface area contributed by atoms with E-state index in [1.807, 2.05) is 62.3 Å². The van der Waals surface area contributed by atoms with Crippen LogP contribution in [0.2, 0.25) is 0 Å². The van der Waals surface area contributed by atoms with E-state index in [4.69, 9.17) is 0 Å². The van der Waals surface area contributed by atoms with Crippen LogP contribution in [0.25, 0.3) is 0 Å². The van der Waals surface area contributed by atoms with E-state index in [9.17, 15) is 24.0 Å². The molecule has 1 heterocycles. The standard InChI is InChI=1S/C27H43IN6O5/c1-25(2,3)18(17(35)11-10-12-31-24(39)34-19(21(28)36)26(4,5)6)32-23(38)20(27(7,8)9)33-22(37)16-15-29-13-14-30-16/h13-15,18-20H,10-12H2,1-9H3,(H,32,38)(H,33,37)(H2,31,34,39). The van der Waals surface area contributed by atoms with Gasteiger partial charge in [0, 0.05) is 48.0 Å². The second-order valence-electron chi connectivity index (χ2n) is 12.7. The van der Waals surface area contributed by atoms with E-state index in [1.165, 1.54) is 18.6 Å². The van der Waals surface area contributed by atoms with Crippen LogP contribution in [-0.2, 0) is 14.4 Å². The number of nitrogens with zero attached hydrogens (tertiary/aromatic N) is 2. The van der Waals surface area contributed by atoms with Crippen molar-refractivity contribution in [3.63, 3.8) is 0 Å². The highest BCUT2D eigenvalue weighted by Crippen LogP contribution is 2.25. The Morgan fingerprint density at radius 1 is 0.795 bits per heavy atom. The van der Waals surface area contributed by atoms with Gasteiger partial charge < -0.3 is 21.3 Å². The van der Waals surface area contributed by atoms with E-state index in [1.54, 1.807) is 22.6 Å². The van der Waals surface area contributed by atoms with Gasteiger partial charge in [0.1, 0.15) is 17.8 Å². The Hall–Kier alpha value is -2.64. The number of hydrogen-bond acceptors (Lipinski definition) is 7. The molecule has 0 saturated heterocycles. The summed E-state index contributed by atoms with van der Waals surface area (Å²) >= 11 is 1.67. The lowest BCUT2D eigenvalue weighted by Gasteiger charge is -2.35. The second-order valence-corrected chi connectivity index (χ2v) is 13.8. The van der Waals surface area contributed by atoms with Gasteiger partial charge in [-0.25, -0.2) is 9.78 Å². The zero-order chi connectivity index (χ0) is 30.2. The molecule has 3 atom stereocenters. The first-order chi connectivity index (χ1) is 17.7. The van der Waals surface area contributed by atoms with E-state index in [2.05, 4.69) is 31.2 Å². The Bertz CT molecular complexity index is 1030. The largest absolute Gasteiger partial charge is 0.344 e. The maximum absolute atomic E-state index is 13.4. The molecule has 0 aliphatic heterocycles. The maximum Gasteiger partial charge on any atom is 0.315 e. The highest BCUT2D eigenvalue weighted by molar-refractivity contribution is 14.1. The van der Waals surface area contributed by atoms with Gasteiger partial charge in [0.05, 0.1) is 12.2 Å². The van der Waals surface area contributed by atoms with Gasteiger partial charge in [0.15, 0.2) is 5.78 Å². The molecule has 0 radical (unpaired) electrons. The molecule has 39 heavy (non-hydrogen) atoms. The average Bonchev–Trinajstić information content (AvgIpc) is 2.79. The van der Waals surface area contributed by atoms with Gasteiger partial charge in [-0.05, 0) is 22.7 Å². The third kappa shape index (κ3) is 11.6. The zero-order valence-corrected chi connectivity index (χ0v) is 26.6. The SMILES string of the molecule is CC(C)(C)C(NC(=O)NCCCC(=O)C(NC(=O)C(NC(=O)c1cnccn1)C(C)(C)C)C(C)(C)C)C(=O)I. The molecule has 1 rings (SSSR count). The van der Waals surface area contributed by atoms with Crippen molar-refractivity contribution in [2.24, 2.45) is 16.2 Å². The Labute approximate surface area is 245 Å². The first-order valence-corrected chi connectivity index (χ1v) is 14.0. The molecule has 0 fully saturated rings. The molecule has 12 heteroatoms. The van der Waals surface area contributed by atoms with Gasteiger partial charge >= 0.3 is 6.03 Å². The molecule has 11 nitrogen and oxygen atoms in total. The van der Waals surface area contributed by atoms with Crippen LogP contribution in [0.3, 0.4) is 0 Å². The first kappa shape index (κ1) is 34.4. The van der Waals surface area contributed by atoms with E-state index >= 15 is 0 Å². The smallest absolute Gasteiger partial charge is 0.315 e. The number of Topliss-reactive ketones (excluding diaryl/α,β-unsaturated/α-hetero) is 1. The Morgan fingerprint density at radius 3 is 1.82 bits per heavy atom. The number of carbonyl (C=O) groups excluding carboxylic acids is 5. The lowest BCUT2D eigenvalue weighted by Crippen LogP contribution is -2.59. The number of halogens is 1. The normalized spacial score (nSPS) is 14.4. The van der Waals surface area contributed by atoms with Crippen LogP contribution in [0.4, 0.5) is 4.79 Å². The van der Waals surface area contributed by atoms with Crippen molar-refractivity contribution in [1.82, 2.24) is 31.2 Å². The number of ketones is 1. The second kappa shape index (κ2) is 14.1. The van der Waals surface area contributed by atoms with E-state index in [0.29, 0.717) is 6.42 Å². The van der Waals surface area contributed by atoms with Crippen LogP contribution in [0, 0.1) is 16.2 Å². The monoisotopic (exact) mass is 658 g/mol. The van der Waals surface area contributed by atoms with Crippen LogP contribution in [0.1, 0.15) is 85.6 Å². The molecular formula is C27H43IN6O5. The molecule has 1 aromatic heterocycles. The number of hydrogen-bond donors (Lipinski definition) is 4. The molecule has 3 unspecified atom stereocenters. The minimum atomic E-state index is -0.939. The number of carbonyl (C=O) groups is 5. The molecule has 0 saturated carbocycles. The summed E-state index contributed by atoms with van der Waals surface area (Å²) in [7, 11) is 0. The van der Waals surface area contributed by atoms with Gasteiger partial charge in [-0.15, -0.1) is 0 Å². The molecule has 0 spiro atoms. The van der Waals surface area contributed by atoms with Gasteiger partial charge in [0.2, 0.25) is 9.70 Å². The highest BCUT2D eigenvalue weighted by atomic mass is 127. The summed E-state index contributed by atoms with van der Waals surface area (Å²) in [4.78, 5) is 71.3. The predicted octanol–water partition coefficient (Wildman–Crippen LogP) is 3.18. The summed E-state index contributed by atoms with van der Waals surface area (Å²) in [6, 6.07) is -2.89. The van der Waals surface area contributed by atoms with Crippen molar-refractivity contribution in [3.8, 4) is 0 Å². The molecule has 4 N–H and O–H groups in total. The third-order valence-electron chi connectivity index (χ3n) is 5.93. The van der Waals surface area contributed by atoms with Gasteiger partial charge in [-0.2, -0.15) is 0 Å². The Kier molecular flexibility index (Phi) is 12.5. The Balaban J connectivity index is 2.82. The summed E-state index contributed by atoms with van der Waals surface area (Å²) in [5.74, 6) is -1.22. The van der Waals surface area contributed by atoms with Crippen LogP contribution < -0.4 is 21.3 Å². The summed E-state index contributed by atoms with van der Waals surface area (Å²) in [6.45, 7) is 16.8. The Morgan fingerprint density at radius 2 is 1.36 bits per heavy atom. The molecular weight excluding hydrogens is 615 g/mol. The van der Waals surface area contributed by atoms with Gasteiger partial charge in [-0.3, -0.25) is 24.2 Å². The minimum Gasteiger partial charge on any atom is -0.344 e. The summed E-state index contributed by atoms with van der Waals surface area (Å²) in [5, 5.41) is 10.9. The number of amides is 4. The highest BCUT2D eigenvalue weighted by Gasteiger charge is 2.38. The molecule has 0 bridgehead atoms. The number of aromatic nitrogens is 2. The fraction of sp³-hybridized carbons (Fsp3) is 0.667. The fourth-order valence-electron chi connectivity index (χ4n) is 3.71. The fourth-order valence-corrected chi connectivity index (χ4v) is 4.80. The van der Waals surface area contributed by atoms with Crippen molar-refractivity contribution in [3.05, 3.63) is 24.3 Å². The zero-order valence-electron chi connectivity index (χ0n) is 24.4. The molecule has 1 aromatic rings. The lowest BCUT2D eigenvalue weighted by atomic mass is 9.81. The van der Waals surface area contributed by atoms with Gasteiger partial charge in [-0.1, -0.05) is 62.3 Å². The first-order valence-electron chi connectivity index (χ1n) is 12.9. The van der Waals surface area contributed by atoms with Crippen molar-refractivity contribution in [2.75, 3.05) is 6.54 Å². The average molecular weight is 659 g/mol. The van der Waals surface area contributed by atoms with Crippen molar-refractivity contribution in [2.45, 2.75) is 93.3 Å².